The molecule has 2 fully saturated rings. The number of nitrogens with one attached hydrogen (secondary N) is 1. The molecule has 1 N–H and O–H groups in total. The summed E-state index contributed by atoms with van der Waals surface area (Å²) in [5.74, 6) is 1.93. The van der Waals surface area contributed by atoms with E-state index >= 15 is 0 Å². The quantitative estimate of drug-likeness (QED) is 0.611. The summed E-state index contributed by atoms with van der Waals surface area (Å²) in [5, 5.41) is 7.49. The van der Waals surface area contributed by atoms with Crippen molar-refractivity contribution < 1.29 is 4.52 Å². The number of nitrogens with zero attached hydrogens (tertiary/aromatic N) is 5. The summed E-state index contributed by atoms with van der Waals surface area (Å²) in [6.45, 7) is 11.4. The molecule has 146 valence electrons. The molecule has 1 aromatic rings. The molecule has 7 heteroatoms. The standard InChI is InChI=1S/C19H34N6O/c1-3-20-19(21-8-4-17-5-9-23(2)10-6-17)25-13-11-24(12-14-25)16-18-7-15-26-22-18/h7,15,17H,3-6,8-14,16H2,1-2H3,(H,20,21). The van der Waals surface area contributed by atoms with Crippen LogP contribution in [0.1, 0.15) is 31.9 Å². The van der Waals surface area contributed by atoms with E-state index in [4.69, 9.17) is 9.52 Å². The van der Waals surface area contributed by atoms with Gasteiger partial charge in [-0.15, -0.1) is 0 Å². The highest BCUT2D eigenvalue weighted by molar-refractivity contribution is 5.80. The number of rotatable bonds is 6. The zero-order valence-corrected chi connectivity index (χ0v) is 16.4. The van der Waals surface area contributed by atoms with Crippen LogP contribution in [0.4, 0.5) is 0 Å². The molecule has 0 atom stereocenters. The van der Waals surface area contributed by atoms with Gasteiger partial charge in [0.15, 0.2) is 5.96 Å². The number of piperidine rings is 1. The number of hydrogen-bond acceptors (Lipinski definition) is 5. The zero-order chi connectivity index (χ0) is 18.2. The van der Waals surface area contributed by atoms with Crippen LogP contribution in [-0.2, 0) is 6.54 Å². The summed E-state index contributed by atoms with van der Waals surface area (Å²) in [6, 6.07) is 1.95. The molecule has 2 saturated heterocycles. The summed E-state index contributed by atoms with van der Waals surface area (Å²) >= 11 is 0. The van der Waals surface area contributed by atoms with Crippen molar-refractivity contribution in [2.45, 2.75) is 32.7 Å². The lowest BCUT2D eigenvalue weighted by Crippen LogP contribution is -2.52. The van der Waals surface area contributed by atoms with E-state index in [0.29, 0.717) is 0 Å². The highest BCUT2D eigenvalue weighted by Crippen LogP contribution is 2.19. The van der Waals surface area contributed by atoms with Crippen molar-refractivity contribution >= 4 is 5.96 Å². The molecule has 0 aliphatic carbocycles. The molecule has 2 aliphatic heterocycles. The molecule has 1 aromatic heterocycles. The van der Waals surface area contributed by atoms with Crippen LogP contribution in [0.3, 0.4) is 0 Å². The third kappa shape index (κ3) is 5.71. The highest BCUT2D eigenvalue weighted by atomic mass is 16.5. The molecule has 3 heterocycles. The average molecular weight is 363 g/mol. The van der Waals surface area contributed by atoms with Gasteiger partial charge in [-0.25, -0.2) is 0 Å². The van der Waals surface area contributed by atoms with Crippen molar-refractivity contribution in [3.8, 4) is 0 Å². The fourth-order valence-corrected chi connectivity index (χ4v) is 3.80. The van der Waals surface area contributed by atoms with Crippen molar-refractivity contribution in [2.24, 2.45) is 10.9 Å². The lowest BCUT2D eigenvalue weighted by Gasteiger charge is -2.36. The minimum absolute atomic E-state index is 0.845. The van der Waals surface area contributed by atoms with E-state index in [1.54, 1.807) is 6.26 Å². The molecule has 7 nitrogen and oxygen atoms in total. The maximum Gasteiger partial charge on any atom is 0.194 e. The maximum absolute atomic E-state index is 4.93. The van der Waals surface area contributed by atoms with Gasteiger partial charge in [-0.05, 0) is 52.2 Å². The predicted octanol–water partition coefficient (Wildman–Crippen LogP) is 1.49. The first-order valence-corrected chi connectivity index (χ1v) is 10.1. The fourth-order valence-electron chi connectivity index (χ4n) is 3.80. The first-order chi connectivity index (χ1) is 12.7. The molecule has 0 saturated carbocycles. The van der Waals surface area contributed by atoms with Gasteiger partial charge in [0.25, 0.3) is 0 Å². The number of aliphatic imine (C=N–C) groups is 1. The van der Waals surface area contributed by atoms with Crippen molar-refractivity contribution in [2.75, 3.05) is 59.4 Å². The molecular weight excluding hydrogens is 328 g/mol. The van der Waals surface area contributed by atoms with Gasteiger partial charge < -0.3 is 19.6 Å². The first-order valence-electron chi connectivity index (χ1n) is 10.1. The minimum Gasteiger partial charge on any atom is -0.364 e. The van der Waals surface area contributed by atoms with Gasteiger partial charge in [0.05, 0.1) is 5.69 Å². The van der Waals surface area contributed by atoms with Crippen LogP contribution in [0.2, 0.25) is 0 Å². The molecular formula is C19H34N6O. The van der Waals surface area contributed by atoms with Gasteiger partial charge in [0, 0.05) is 51.9 Å². The second-order valence-electron chi connectivity index (χ2n) is 7.52. The van der Waals surface area contributed by atoms with Crippen LogP contribution in [0.5, 0.6) is 0 Å². The molecule has 0 amide bonds. The Labute approximate surface area is 157 Å². The van der Waals surface area contributed by atoms with Crippen molar-refractivity contribution in [1.29, 1.82) is 0 Å². The number of aromatic nitrogens is 1. The van der Waals surface area contributed by atoms with Crippen molar-refractivity contribution in [3.63, 3.8) is 0 Å². The molecule has 0 unspecified atom stereocenters. The number of piperazine rings is 1. The van der Waals surface area contributed by atoms with E-state index in [1.807, 2.05) is 6.07 Å². The van der Waals surface area contributed by atoms with E-state index in [-0.39, 0.29) is 0 Å². The molecule has 26 heavy (non-hydrogen) atoms. The van der Waals surface area contributed by atoms with Crippen LogP contribution in [-0.4, -0.2) is 85.2 Å². The SMILES string of the molecule is CCNC(=NCCC1CCN(C)CC1)N1CCN(Cc2ccon2)CC1. The van der Waals surface area contributed by atoms with E-state index in [9.17, 15) is 0 Å². The predicted molar refractivity (Wildman–Crippen MR) is 104 cm³/mol. The topological polar surface area (TPSA) is 60.1 Å². The van der Waals surface area contributed by atoms with Gasteiger partial charge in [-0.1, -0.05) is 5.16 Å². The Bertz CT molecular complexity index is 530. The van der Waals surface area contributed by atoms with Crippen LogP contribution in [0.25, 0.3) is 0 Å². The van der Waals surface area contributed by atoms with Crippen LogP contribution in [0, 0.1) is 5.92 Å². The first kappa shape index (κ1) is 19.2. The Hall–Kier alpha value is -1.60. The van der Waals surface area contributed by atoms with Gasteiger partial charge in [0.2, 0.25) is 0 Å². The molecule has 0 aromatic carbocycles. The second kappa shape index (κ2) is 9.92. The van der Waals surface area contributed by atoms with Crippen LogP contribution < -0.4 is 5.32 Å². The Morgan fingerprint density at radius 1 is 1.23 bits per heavy atom. The highest BCUT2D eigenvalue weighted by Gasteiger charge is 2.21. The van der Waals surface area contributed by atoms with Gasteiger partial charge in [-0.2, -0.15) is 0 Å². The molecule has 0 bridgehead atoms. The van der Waals surface area contributed by atoms with E-state index < -0.39 is 0 Å². The molecule has 0 spiro atoms. The largest absolute Gasteiger partial charge is 0.364 e. The monoisotopic (exact) mass is 362 g/mol. The summed E-state index contributed by atoms with van der Waals surface area (Å²) in [4.78, 5) is 12.2. The summed E-state index contributed by atoms with van der Waals surface area (Å²) in [6.07, 6.45) is 5.51. The average Bonchev–Trinajstić information content (AvgIpc) is 3.16. The normalized spacial score (nSPS) is 21.3. The van der Waals surface area contributed by atoms with Gasteiger partial charge in [0.1, 0.15) is 6.26 Å². The summed E-state index contributed by atoms with van der Waals surface area (Å²) < 4.78 is 4.93. The lowest BCUT2D eigenvalue weighted by atomic mass is 9.94. The van der Waals surface area contributed by atoms with E-state index in [0.717, 1.165) is 63.4 Å². The van der Waals surface area contributed by atoms with E-state index in [2.05, 4.69) is 39.1 Å². The maximum atomic E-state index is 4.93. The fraction of sp³-hybridized carbons (Fsp3) is 0.789. The molecule has 0 radical (unpaired) electrons. The van der Waals surface area contributed by atoms with Crippen LogP contribution >= 0.6 is 0 Å². The van der Waals surface area contributed by atoms with Crippen molar-refractivity contribution in [3.05, 3.63) is 18.0 Å². The van der Waals surface area contributed by atoms with Gasteiger partial charge in [-0.3, -0.25) is 9.89 Å². The number of hydrogen-bond donors (Lipinski definition) is 1. The van der Waals surface area contributed by atoms with E-state index in [1.165, 1.54) is 32.4 Å². The zero-order valence-electron chi connectivity index (χ0n) is 16.4. The third-order valence-electron chi connectivity index (χ3n) is 5.52. The summed E-state index contributed by atoms with van der Waals surface area (Å²) in [5.41, 5.74) is 1.01. The number of likely N-dealkylation sites (tertiary alicyclic amines) is 1. The minimum atomic E-state index is 0.845. The summed E-state index contributed by atoms with van der Waals surface area (Å²) in [7, 11) is 2.22. The Balaban J connectivity index is 1.43. The Morgan fingerprint density at radius 2 is 2.00 bits per heavy atom. The Morgan fingerprint density at radius 3 is 2.65 bits per heavy atom. The van der Waals surface area contributed by atoms with Crippen LogP contribution in [0.15, 0.2) is 21.8 Å². The third-order valence-corrected chi connectivity index (χ3v) is 5.52. The Kier molecular flexibility index (Phi) is 7.32. The van der Waals surface area contributed by atoms with Gasteiger partial charge >= 0.3 is 0 Å². The second-order valence-corrected chi connectivity index (χ2v) is 7.52. The number of guanidine groups is 1. The lowest BCUT2D eigenvalue weighted by molar-refractivity contribution is 0.169. The van der Waals surface area contributed by atoms with Crippen molar-refractivity contribution in [1.82, 2.24) is 25.2 Å². The molecule has 2 aliphatic rings. The molecule has 3 rings (SSSR count). The smallest absolute Gasteiger partial charge is 0.194 e.